The average molecular weight is 583 g/mol. The van der Waals surface area contributed by atoms with Gasteiger partial charge < -0.3 is 8.83 Å². The van der Waals surface area contributed by atoms with Crippen molar-refractivity contribution >= 4 is 34.0 Å². The first-order valence-corrected chi connectivity index (χ1v) is 15.3. The fourth-order valence-corrected chi connectivity index (χ4v) is 5.22. The van der Waals surface area contributed by atoms with E-state index in [-0.39, 0.29) is 11.3 Å². The van der Waals surface area contributed by atoms with Crippen molar-refractivity contribution in [3.63, 3.8) is 0 Å². The fraction of sp³-hybridized carbons (Fsp3) is 0.211. The normalized spacial score (nSPS) is 11.6. The van der Waals surface area contributed by atoms with Gasteiger partial charge in [-0.1, -0.05) is 75.2 Å². The second kappa shape index (κ2) is 13.0. The SMILES string of the molecule is CCCCc1ccc2nc(-c3ccc(/C=C/c4ccc(-c5nc6ccc(CCCC)cc6c(=O)o5)cc4)cc3)oc(=O)c2c1. The quantitative estimate of drug-likeness (QED) is 0.150. The molecule has 0 amide bonds. The molecule has 4 aromatic carbocycles. The molecule has 0 atom stereocenters. The lowest BCUT2D eigenvalue weighted by Crippen LogP contribution is -2.03. The van der Waals surface area contributed by atoms with Crippen LogP contribution < -0.4 is 11.3 Å². The molecule has 0 fully saturated rings. The zero-order valence-electron chi connectivity index (χ0n) is 25.0. The molecule has 220 valence electrons. The van der Waals surface area contributed by atoms with E-state index in [4.69, 9.17) is 8.83 Å². The van der Waals surface area contributed by atoms with Crippen LogP contribution in [0.25, 0.3) is 56.9 Å². The summed E-state index contributed by atoms with van der Waals surface area (Å²) in [5.74, 6) is 0.613. The highest BCUT2D eigenvalue weighted by Crippen LogP contribution is 2.23. The average Bonchev–Trinajstić information content (AvgIpc) is 3.06. The van der Waals surface area contributed by atoms with Gasteiger partial charge in [0.05, 0.1) is 21.8 Å². The number of benzene rings is 4. The van der Waals surface area contributed by atoms with Crippen molar-refractivity contribution in [3.05, 3.63) is 128 Å². The summed E-state index contributed by atoms with van der Waals surface area (Å²) in [4.78, 5) is 34.6. The number of hydrogen-bond donors (Lipinski definition) is 0. The van der Waals surface area contributed by atoms with E-state index in [2.05, 4.69) is 23.8 Å². The first kappa shape index (κ1) is 29.0. The van der Waals surface area contributed by atoms with Crippen molar-refractivity contribution in [2.45, 2.75) is 52.4 Å². The molecule has 0 saturated heterocycles. The molecule has 6 heteroatoms. The molecule has 2 heterocycles. The van der Waals surface area contributed by atoms with E-state index >= 15 is 0 Å². The van der Waals surface area contributed by atoms with E-state index in [9.17, 15) is 9.59 Å². The third-order valence-corrected chi connectivity index (χ3v) is 7.81. The van der Waals surface area contributed by atoms with Gasteiger partial charge in [-0.3, -0.25) is 0 Å². The number of fused-ring (bicyclic) bond motifs is 2. The van der Waals surface area contributed by atoms with Gasteiger partial charge in [-0.15, -0.1) is 0 Å². The van der Waals surface area contributed by atoms with Gasteiger partial charge in [0.25, 0.3) is 0 Å². The Labute approximate surface area is 255 Å². The predicted octanol–water partition coefficient (Wildman–Crippen LogP) is 8.88. The number of nitrogens with zero attached hydrogens (tertiary/aromatic N) is 2. The van der Waals surface area contributed by atoms with E-state index in [1.54, 1.807) is 0 Å². The molecule has 0 radical (unpaired) electrons. The van der Waals surface area contributed by atoms with Crippen molar-refractivity contribution in [3.8, 4) is 22.9 Å². The third kappa shape index (κ3) is 6.45. The minimum absolute atomic E-state index is 0.306. The Morgan fingerprint density at radius 2 is 0.977 bits per heavy atom. The van der Waals surface area contributed by atoms with Crippen molar-refractivity contribution in [1.29, 1.82) is 0 Å². The Morgan fingerprint density at radius 3 is 1.36 bits per heavy atom. The number of hydrogen-bond acceptors (Lipinski definition) is 6. The van der Waals surface area contributed by atoms with Crippen LogP contribution in [0, 0.1) is 0 Å². The Morgan fingerprint density at radius 1 is 0.568 bits per heavy atom. The largest absolute Gasteiger partial charge is 0.403 e. The Kier molecular flexibility index (Phi) is 8.59. The molecule has 0 aliphatic heterocycles. The van der Waals surface area contributed by atoms with E-state index in [1.807, 2.05) is 97.1 Å². The van der Waals surface area contributed by atoms with Crippen LogP contribution >= 0.6 is 0 Å². The maximum absolute atomic E-state index is 12.7. The summed E-state index contributed by atoms with van der Waals surface area (Å²) < 4.78 is 11.2. The lowest BCUT2D eigenvalue weighted by molar-refractivity contribution is 0.518. The maximum Gasteiger partial charge on any atom is 0.347 e. The highest BCUT2D eigenvalue weighted by atomic mass is 16.4. The zero-order chi connectivity index (χ0) is 30.5. The smallest absolute Gasteiger partial charge is 0.347 e. The standard InChI is InChI=1S/C38H34N2O4/c1-3-5-7-27-15-21-33-31(23-27)37(41)43-35(39-33)29-17-11-25(12-18-29)9-10-26-13-19-30(20-14-26)36-40-34-22-16-28(8-6-4-2)24-32(34)38(42)44-36/h9-24H,3-8H2,1-2H3/b10-9+. The van der Waals surface area contributed by atoms with E-state index < -0.39 is 0 Å². The fourth-order valence-electron chi connectivity index (χ4n) is 5.22. The number of unbranched alkanes of at least 4 members (excludes halogenated alkanes) is 2. The van der Waals surface area contributed by atoms with E-state index in [1.165, 1.54) is 0 Å². The van der Waals surface area contributed by atoms with Crippen LogP contribution in [0.4, 0.5) is 0 Å². The summed E-state index contributed by atoms with van der Waals surface area (Å²) in [5, 5.41) is 1.03. The van der Waals surface area contributed by atoms with Crippen molar-refractivity contribution < 1.29 is 8.83 Å². The molecular formula is C38H34N2O4. The molecule has 0 N–H and O–H groups in total. The summed E-state index contributed by atoms with van der Waals surface area (Å²) in [5.41, 5.74) is 6.24. The van der Waals surface area contributed by atoms with Crippen LogP contribution in [0.1, 0.15) is 61.8 Å². The van der Waals surface area contributed by atoms with Crippen molar-refractivity contribution in [2.24, 2.45) is 0 Å². The molecule has 0 saturated carbocycles. The van der Waals surface area contributed by atoms with Gasteiger partial charge in [0.2, 0.25) is 11.8 Å². The molecule has 6 rings (SSSR count). The van der Waals surface area contributed by atoms with E-state index in [0.717, 1.165) is 71.9 Å². The van der Waals surface area contributed by atoms with Gasteiger partial charge in [-0.2, -0.15) is 0 Å². The third-order valence-electron chi connectivity index (χ3n) is 7.81. The second-order valence-electron chi connectivity index (χ2n) is 11.1. The summed E-state index contributed by atoms with van der Waals surface area (Å²) in [7, 11) is 0. The molecule has 2 aromatic heterocycles. The molecular weight excluding hydrogens is 548 g/mol. The lowest BCUT2D eigenvalue weighted by Gasteiger charge is -2.05. The first-order valence-electron chi connectivity index (χ1n) is 15.3. The van der Waals surface area contributed by atoms with Crippen LogP contribution in [0.3, 0.4) is 0 Å². The number of aromatic nitrogens is 2. The highest BCUT2D eigenvalue weighted by molar-refractivity contribution is 5.81. The van der Waals surface area contributed by atoms with Crippen LogP contribution in [-0.4, -0.2) is 9.97 Å². The Bertz CT molecular complexity index is 1920. The molecule has 6 nitrogen and oxygen atoms in total. The molecule has 0 spiro atoms. The second-order valence-corrected chi connectivity index (χ2v) is 11.1. The van der Waals surface area contributed by atoms with Gasteiger partial charge >= 0.3 is 11.3 Å². The number of rotatable bonds is 10. The summed E-state index contributed by atoms with van der Waals surface area (Å²) >= 11 is 0. The van der Waals surface area contributed by atoms with Gasteiger partial charge in [-0.05, 0) is 96.5 Å². The van der Waals surface area contributed by atoms with Crippen LogP contribution in [0.2, 0.25) is 0 Å². The molecule has 6 aromatic rings. The molecule has 0 aliphatic rings. The van der Waals surface area contributed by atoms with E-state index in [0.29, 0.717) is 33.6 Å². The monoisotopic (exact) mass is 582 g/mol. The Balaban J connectivity index is 1.16. The van der Waals surface area contributed by atoms with Crippen molar-refractivity contribution in [1.82, 2.24) is 9.97 Å². The van der Waals surface area contributed by atoms with Gasteiger partial charge in [-0.25, -0.2) is 19.6 Å². The molecule has 0 unspecified atom stereocenters. The zero-order valence-corrected chi connectivity index (χ0v) is 25.0. The molecule has 0 bridgehead atoms. The van der Waals surface area contributed by atoms with Crippen LogP contribution in [0.15, 0.2) is 103 Å². The van der Waals surface area contributed by atoms with Gasteiger partial charge in [0.15, 0.2) is 0 Å². The van der Waals surface area contributed by atoms with Crippen molar-refractivity contribution in [2.75, 3.05) is 0 Å². The lowest BCUT2D eigenvalue weighted by atomic mass is 10.1. The van der Waals surface area contributed by atoms with Gasteiger partial charge in [0.1, 0.15) is 0 Å². The summed E-state index contributed by atoms with van der Waals surface area (Å²) in [6.07, 6.45) is 10.3. The minimum atomic E-state index is -0.370. The molecule has 0 aliphatic carbocycles. The predicted molar refractivity (Wildman–Crippen MR) is 178 cm³/mol. The van der Waals surface area contributed by atoms with Crippen LogP contribution in [-0.2, 0) is 12.8 Å². The summed E-state index contributed by atoms with van der Waals surface area (Å²) in [6.45, 7) is 4.30. The van der Waals surface area contributed by atoms with Gasteiger partial charge in [0, 0.05) is 11.1 Å². The summed E-state index contributed by atoms with van der Waals surface area (Å²) in [6, 6.07) is 27.1. The highest BCUT2D eigenvalue weighted by Gasteiger charge is 2.11. The topological polar surface area (TPSA) is 86.2 Å². The Hall–Kier alpha value is -5.10. The number of aryl methyl sites for hydroxylation is 2. The molecule has 44 heavy (non-hydrogen) atoms. The first-order chi connectivity index (χ1) is 21.5. The maximum atomic E-state index is 12.7. The minimum Gasteiger partial charge on any atom is -0.403 e. The van der Waals surface area contributed by atoms with Crippen LogP contribution in [0.5, 0.6) is 0 Å².